The van der Waals surface area contributed by atoms with Gasteiger partial charge in [-0.1, -0.05) is 48.5 Å². The molecule has 0 radical (unpaired) electrons. The van der Waals surface area contributed by atoms with E-state index >= 15 is 0 Å². The molecule has 0 aliphatic carbocycles. The molecule has 0 atom stereocenters. The zero-order valence-corrected chi connectivity index (χ0v) is 15.0. The molecule has 5 rings (SSSR count). The third-order valence-corrected chi connectivity index (χ3v) is 4.98. The van der Waals surface area contributed by atoms with Crippen molar-refractivity contribution >= 4 is 21.8 Å². The first-order chi connectivity index (χ1) is 13.3. The minimum Gasteiger partial charge on any atom is -0.481 e. The van der Waals surface area contributed by atoms with E-state index in [1.165, 1.54) is 21.8 Å². The average Bonchev–Trinajstić information content (AvgIpc) is 3.08. The summed E-state index contributed by atoms with van der Waals surface area (Å²) in [5, 5.41) is 2.55. The van der Waals surface area contributed by atoms with Gasteiger partial charge in [-0.15, -0.1) is 0 Å². The van der Waals surface area contributed by atoms with Crippen LogP contribution in [0, 0.1) is 0 Å². The molecule has 0 fully saturated rings. The van der Waals surface area contributed by atoms with Crippen molar-refractivity contribution in [1.29, 1.82) is 0 Å². The van der Waals surface area contributed by atoms with Gasteiger partial charge in [-0.3, -0.25) is 0 Å². The second-order valence-electron chi connectivity index (χ2n) is 6.51. The predicted octanol–water partition coefficient (Wildman–Crippen LogP) is 5.85. The largest absolute Gasteiger partial charge is 0.481 e. The molecule has 0 N–H and O–H groups in total. The van der Waals surface area contributed by atoms with Gasteiger partial charge in [0.1, 0.15) is 0 Å². The summed E-state index contributed by atoms with van der Waals surface area (Å²) in [6.07, 6.45) is 1.84. The van der Waals surface area contributed by atoms with Gasteiger partial charge in [0.25, 0.3) is 0 Å². The van der Waals surface area contributed by atoms with E-state index in [0.717, 1.165) is 16.8 Å². The molecule has 3 nitrogen and oxygen atoms in total. The minimum absolute atomic E-state index is 0.626. The number of aromatic nitrogens is 2. The van der Waals surface area contributed by atoms with E-state index in [1.807, 2.05) is 18.3 Å². The fourth-order valence-electron chi connectivity index (χ4n) is 3.68. The third kappa shape index (κ3) is 2.56. The molecule has 0 aliphatic rings. The van der Waals surface area contributed by atoms with Crippen LogP contribution < -0.4 is 4.74 Å². The minimum atomic E-state index is 0.626. The van der Waals surface area contributed by atoms with Gasteiger partial charge >= 0.3 is 0 Å². The summed E-state index contributed by atoms with van der Waals surface area (Å²) >= 11 is 0. The Hall–Kier alpha value is -3.59. The summed E-state index contributed by atoms with van der Waals surface area (Å²) in [6.45, 7) is 0. The van der Waals surface area contributed by atoms with Crippen molar-refractivity contribution < 1.29 is 4.74 Å². The number of benzene rings is 3. The monoisotopic (exact) mass is 350 g/mol. The first kappa shape index (κ1) is 15.6. The number of hydrogen-bond donors (Lipinski definition) is 0. The Morgan fingerprint density at radius 3 is 1.81 bits per heavy atom. The maximum atomic E-state index is 5.14. The maximum Gasteiger partial charge on any atom is 0.212 e. The van der Waals surface area contributed by atoms with Crippen LogP contribution in [0.3, 0.4) is 0 Å². The number of ether oxygens (including phenoxy) is 1. The summed E-state index contributed by atoms with van der Waals surface area (Å²) in [4.78, 5) is 4.30. The van der Waals surface area contributed by atoms with Gasteiger partial charge in [0, 0.05) is 34.3 Å². The van der Waals surface area contributed by atoms with Gasteiger partial charge in [0.15, 0.2) is 0 Å². The van der Waals surface area contributed by atoms with Crippen molar-refractivity contribution in [3.05, 3.63) is 91.1 Å². The summed E-state index contributed by atoms with van der Waals surface area (Å²) in [7, 11) is 1.63. The molecule has 130 valence electrons. The van der Waals surface area contributed by atoms with Crippen LogP contribution in [0.25, 0.3) is 38.6 Å². The highest BCUT2D eigenvalue weighted by atomic mass is 16.5. The number of para-hydroxylation sites is 2. The Morgan fingerprint density at radius 1 is 0.667 bits per heavy atom. The number of nitrogens with zero attached hydrogens (tertiary/aromatic N) is 2. The fraction of sp³-hybridized carbons (Fsp3) is 0.0417. The van der Waals surface area contributed by atoms with Crippen LogP contribution in [0.1, 0.15) is 0 Å². The van der Waals surface area contributed by atoms with Crippen LogP contribution in [0.5, 0.6) is 5.88 Å². The predicted molar refractivity (Wildman–Crippen MR) is 111 cm³/mol. The van der Waals surface area contributed by atoms with Gasteiger partial charge in [-0.25, -0.2) is 4.98 Å². The molecule has 3 aromatic carbocycles. The number of rotatable bonds is 3. The topological polar surface area (TPSA) is 27.1 Å². The lowest BCUT2D eigenvalue weighted by molar-refractivity contribution is 0.398. The molecule has 2 heterocycles. The number of methoxy groups -OCH3 is 1. The zero-order chi connectivity index (χ0) is 18.2. The van der Waals surface area contributed by atoms with Crippen LogP contribution in [-0.2, 0) is 0 Å². The second kappa shape index (κ2) is 6.29. The molecular formula is C24H18N2O. The van der Waals surface area contributed by atoms with Crippen molar-refractivity contribution in [3.63, 3.8) is 0 Å². The van der Waals surface area contributed by atoms with Crippen molar-refractivity contribution in [2.24, 2.45) is 0 Å². The maximum absolute atomic E-state index is 5.14. The number of fused-ring (bicyclic) bond motifs is 3. The summed E-state index contributed by atoms with van der Waals surface area (Å²) in [6, 6.07) is 29.6. The lowest BCUT2D eigenvalue weighted by Crippen LogP contribution is -1.93. The van der Waals surface area contributed by atoms with Gasteiger partial charge < -0.3 is 9.30 Å². The van der Waals surface area contributed by atoms with E-state index in [0.29, 0.717) is 5.88 Å². The quantitative estimate of drug-likeness (QED) is 0.408. The molecule has 0 aliphatic heterocycles. The molecule has 0 spiro atoms. The number of pyridine rings is 1. The Kier molecular flexibility index (Phi) is 3.65. The van der Waals surface area contributed by atoms with Gasteiger partial charge in [-0.05, 0) is 35.9 Å². The molecule has 27 heavy (non-hydrogen) atoms. The highest BCUT2D eigenvalue weighted by molar-refractivity contribution is 6.09. The molecule has 3 heteroatoms. The van der Waals surface area contributed by atoms with Crippen LogP contribution in [0.4, 0.5) is 0 Å². The molecule has 0 amide bonds. The van der Waals surface area contributed by atoms with E-state index in [2.05, 4.69) is 82.3 Å². The summed E-state index contributed by atoms with van der Waals surface area (Å²) in [5.41, 5.74) is 5.80. The smallest absolute Gasteiger partial charge is 0.212 e. The molecular weight excluding hydrogens is 332 g/mol. The van der Waals surface area contributed by atoms with Crippen molar-refractivity contribution in [1.82, 2.24) is 9.55 Å². The Morgan fingerprint density at radius 2 is 1.26 bits per heavy atom. The highest BCUT2D eigenvalue weighted by Crippen LogP contribution is 2.32. The first-order valence-corrected chi connectivity index (χ1v) is 8.94. The number of hydrogen-bond acceptors (Lipinski definition) is 2. The van der Waals surface area contributed by atoms with Crippen molar-refractivity contribution in [2.75, 3.05) is 7.11 Å². The van der Waals surface area contributed by atoms with Crippen LogP contribution >= 0.6 is 0 Å². The summed E-state index contributed by atoms with van der Waals surface area (Å²) in [5.74, 6) is 0.626. The van der Waals surface area contributed by atoms with Crippen molar-refractivity contribution in [3.8, 4) is 22.7 Å². The lowest BCUT2D eigenvalue weighted by Gasteiger charge is -2.09. The molecule has 0 saturated carbocycles. The molecule has 0 unspecified atom stereocenters. The van der Waals surface area contributed by atoms with E-state index in [4.69, 9.17) is 4.74 Å². The molecule has 2 aromatic heterocycles. The lowest BCUT2D eigenvalue weighted by atomic mass is 10.1. The third-order valence-electron chi connectivity index (χ3n) is 4.98. The van der Waals surface area contributed by atoms with E-state index in [1.54, 1.807) is 7.11 Å². The van der Waals surface area contributed by atoms with E-state index in [9.17, 15) is 0 Å². The molecule has 5 aromatic rings. The van der Waals surface area contributed by atoms with Crippen molar-refractivity contribution in [2.45, 2.75) is 0 Å². The van der Waals surface area contributed by atoms with Gasteiger partial charge in [0.05, 0.1) is 18.1 Å². The van der Waals surface area contributed by atoms with Crippen LogP contribution in [0.2, 0.25) is 0 Å². The normalized spacial score (nSPS) is 11.1. The summed E-state index contributed by atoms with van der Waals surface area (Å²) < 4.78 is 7.46. The van der Waals surface area contributed by atoms with E-state index < -0.39 is 0 Å². The second-order valence-corrected chi connectivity index (χ2v) is 6.51. The molecule has 0 saturated heterocycles. The van der Waals surface area contributed by atoms with Gasteiger partial charge in [0.2, 0.25) is 5.88 Å². The average molecular weight is 350 g/mol. The highest BCUT2D eigenvalue weighted by Gasteiger charge is 2.11. The Bertz CT molecular complexity index is 1180. The SMILES string of the molecule is COc1ccc(-c2ccc(-n3c4ccccc4c4ccccc43)cc2)cn1. The van der Waals surface area contributed by atoms with Crippen LogP contribution in [-0.4, -0.2) is 16.7 Å². The Labute approximate surface area is 157 Å². The van der Waals surface area contributed by atoms with Gasteiger partial charge in [-0.2, -0.15) is 0 Å². The standard InChI is InChI=1S/C24H18N2O/c1-27-24-15-12-18(16-25-24)17-10-13-19(14-11-17)26-22-8-4-2-6-20(22)21-7-3-5-9-23(21)26/h2-16H,1H3. The Balaban J connectivity index is 1.64. The zero-order valence-electron chi connectivity index (χ0n) is 15.0. The molecule has 0 bridgehead atoms. The van der Waals surface area contributed by atoms with Crippen LogP contribution in [0.15, 0.2) is 91.1 Å². The fourth-order valence-corrected chi connectivity index (χ4v) is 3.68. The first-order valence-electron chi connectivity index (χ1n) is 8.94. The van der Waals surface area contributed by atoms with E-state index in [-0.39, 0.29) is 0 Å².